The van der Waals surface area contributed by atoms with Crippen LogP contribution < -0.4 is 27.4 Å². The van der Waals surface area contributed by atoms with Gasteiger partial charge in [-0.3, -0.25) is 19.4 Å². The second-order valence-electron chi connectivity index (χ2n) is 6.74. The van der Waals surface area contributed by atoms with Crippen molar-refractivity contribution in [3.63, 3.8) is 0 Å². The Hall–Kier alpha value is -2.32. The van der Waals surface area contributed by atoms with Gasteiger partial charge in [-0.2, -0.15) is 0 Å². The van der Waals surface area contributed by atoms with Crippen LogP contribution in [-0.2, 0) is 14.4 Å². The molecule has 3 amide bonds. The van der Waals surface area contributed by atoms with Crippen LogP contribution in [0.3, 0.4) is 0 Å². The Bertz CT molecular complexity index is 503. The SMILES string of the molecule is CC[C@H](C)[C@H](NC(C)=O)C(=O)N[C@@H](CCCN=C(N)N)C(=O)NC(C)C. The number of aliphatic imine (C=N–C) groups is 1. The highest BCUT2D eigenvalue weighted by Crippen LogP contribution is 2.09. The van der Waals surface area contributed by atoms with E-state index in [2.05, 4.69) is 20.9 Å². The number of nitrogens with zero attached hydrogens (tertiary/aromatic N) is 1. The van der Waals surface area contributed by atoms with Crippen LogP contribution >= 0.6 is 0 Å². The maximum atomic E-state index is 12.6. The van der Waals surface area contributed by atoms with Crippen LogP contribution in [0.4, 0.5) is 0 Å². The minimum atomic E-state index is -0.723. The number of hydrogen-bond donors (Lipinski definition) is 5. The average molecular weight is 370 g/mol. The van der Waals surface area contributed by atoms with Crippen molar-refractivity contribution in [3.8, 4) is 0 Å². The Labute approximate surface area is 155 Å². The van der Waals surface area contributed by atoms with Gasteiger partial charge in [-0.05, 0) is 32.6 Å². The Morgan fingerprint density at radius 1 is 1.00 bits per heavy atom. The molecule has 0 spiro atoms. The molecule has 9 heteroatoms. The van der Waals surface area contributed by atoms with Crippen LogP contribution in [0.1, 0.15) is 53.9 Å². The zero-order chi connectivity index (χ0) is 20.3. The lowest BCUT2D eigenvalue weighted by Gasteiger charge is -2.26. The molecule has 0 saturated heterocycles. The van der Waals surface area contributed by atoms with E-state index in [-0.39, 0.29) is 35.6 Å². The zero-order valence-electron chi connectivity index (χ0n) is 16.5. The first-order chi connectivity index (χ1) is 12.1. The summed E-state index contributed by atoms with van der Waals surface area (Å²) >= 11 is 0. The molecule has 0 bridgehead atoms. The lowest BCUT2D eigenvalue weighted by molar-refractivity contribution is -0.133. The quantitative estimate of drug-likeness (QED) is 0.190. The van der Waals surface area contributed by atoms with Gasteiger partial charge in [-0.25, -0.2) is 0 Å². The van der Waals surface area contributed by atoms with Gasteiger partial charge in [0.05, 0.1) is 0 Å². The maximum Gasteiger partial charge on any atom is 0.243 e. The Balaban J connectivity index is 5.09. The largest absolute Gasteiger partial charge is 0.370 e. The second kappa shape index (κ2) is 12.1. The van der Waals surface area contributed by atoms with Crippen molar-refractivity contribution in [2.75, 3.05) is 6.54 Å². The van der Waals surface area contributed by atoms with Crippen molar-refractivity contribution >= 4 is 23.7 Å². The van der Waals surface area contributed by atoms with E-state index < -0.39 is 12.1 Å². The molecule has 0 aromatic rings. The van der Waals surface area contributed by atoms with E-state index in [4.69, 9.17) is 11.5 Å². The third-order valence-electron chi connectivity index (χ3n) is 3.86. The molecule has 0 rings (SSSR count). The highest BCUT2D eigenvalue weighted by atomic mass is 16.2. The molecular formula is C17H34N6O3. The number of carbonyl (C=O) groups is 3. The van der Waals surface area contributed by atoms with E-state index >= 15 is 0 Å². The molecule has 0 aliphatic heterocycles. The highest BCUT2D eigenvalue weighted by Gasteiger charge is 2.29. The number of nitrogens with one attached hydrogen (secondary N) is 3. The summed E-state index contributed by atoms with van der Waals surface area (Å²) in [5.41, 5.74) is 10.6. The average Bonchev–Trinajstić information content (AvgIpc) is 2.53. The predicted molar refractivity (Wildman–Crippen MR) is 102 cm³/mol. The second-order valence-corrected chi connectivity index (χ2v) is 6.74. The first-order valence-electron chi connectivity index (χ1n) is 9.01. The molecule has 9 nitrogen and oxygen atoms in total. The normalized spacial score (nSPS) is 14.1. The monoisotopic (exact) mass is 370 g/mol. The molecule has 0 aromatic carbocycles. The number of nitrogens with two attached hydrogens (primary N) is 2. The minimum Gasteiger partial charge on any atom is -0.370 e. The van der Waals surface area contributed by atoms with Crippen LogP contribution in [0.15, 0.2) is 4.99 Å². The third-order valence-corrected chi connectivity index (χ3v) is 3.86. The summed E-state index contributed by atoms with van der Waals surface area (Å²) < 4.78 is 0. The molecule has 0 aliphatic rings. The first kappa shape index (κ1) is 23.7. The molecule has 3 atom stereocenters. The summed E-state index contributed by atoms with van der Waals surface area (Å²) in [6.07, 6.45) is 1.63. The first-order valence-corrected chi connectivity index (χ1v) is 9.01. The number of amides is 3. The molecule has 150 valence electrons. The van der Waals surface area contributed by atoms with Crippen LogP contribution in [0.25, 0.3) is 0 Å². The highest BCUT2D eigenvalue weighted by molar-refractivity contribution is 5.92. The van der Waals surface area contributed by atoms with Crippen molar-refractivity contribution in [2.24, 2.45) is 22.4 Å². The van der Waals surface area contributed by atoms with Gasteiger partial charge in [0.25, 0.3) is 0 Å². The van der Waals surface area contributed by atoms with Crippen molar-refractivity contribution in [1.82, 2.24) is 16.0 Å². The van der Waals surface area contributed by atoms with Crippen molar-refractivity contribution in [1.29, 1.82) is 0 Å². The molecule has 0 radical (unpaired) electrons. The summed E-state index contributed by atoms with van der Waals surface area (Å²) in [7, 11) is 0. The minimum absolute atomic E-state index is 0.0142. The van der Waals surface area contributed by atoms with Crippen LogP contribution in [-0.4, -0.2) is 48.4 Å². The van der Waals surface area contributed by atoms with Crippen LogP contribution in [0.2, 0.25) is 0 Å². The Kier molecular flexibility index (Phi) is 11.0. The fourth-order valence-corrected chi connectivity index (χ4v) is 2.34. The van der Waals surface area contributed by atoms with E-state index in [1.807, 2.05) is 27.7 Å². The van der Waals surface area contributed by atoms with E-state index in [0.29, 0.717) is 25.8 Å². The van der Waals surface area contributed by atoms with Gasteiger partial charge in [0.15, 0.2) is 5.96 Å². The molecule has 0 fully saturated rings. The van der Waals surface area contributed by atoms with Gasteiger partial charge in [0, 0.05) is 19.5 Å². The molecule has 0 aromatic heterocycles. The van der Waals surface area contributed by atoms with Crippen LogP contribution in [0.5, 0.6) is 0 Å². The predicted octanol–water partition coefficient (Wildman–Crippen LogP) is -0.400. The van der Waals surface area contributed by atoms with E-state index in [9.17, 15) is 14.4 Å². The molecule has 0 saturated carbocycles. The lowest BCUT2D eigenvalue weighted by atomic mass is 9.97. The molecule has 26 heavy (non-hydrogen) atoms. The summed E-state index contributed by atoms with van der Waals surface area (Å²) in [6, 6.07) is -1.47. The molecule has 0 heterocycles. The van der Waals surface area contributed by atoms with E-state index in [1.54, 1.807) is 0 Å². The third kappa shape index (κ3) is 9.85. The van der Waals surface area contributed by atoms with Crippen molar-refractivity contribution in [3.05, 3.63) is 0 Å². The Morgan fingerprint density at radius 2 is 1.62 bits per heavy atom. The summed E-state index contributed by atoms with van der Waals surface area (Å²) in [4.78, 5) is 40.3. The Morgan fingerprint density at radius 3 is 2.08 bits per heavy atom. The number of guanidine groups is 1. The lowest BCUT2D eigenvalue weighted by Crippen LogP contribution is -2.56. The fourth-order valence-electron chi connectivity index (χ4n) is 2.34. The molecule has 0 aliphatic carbocycles. The summed E-state index contributed by atoms with van der Waals surface area (Å²) in [5.74, 6) is -1.01. The zero-order valence-corrected chi connectivity index (χ0v) is 16.5. The smallest absolute Gasteiger partial charge is 0.243 e. The number of hydrogen-bond acceptors (Lipinski definition) is 4. The topological polar surface area (TPSA) is 152 Å². The van der Waals surface area contributed by atoms with E-state index in [1.165, 1.54) is 6.92 Å². The number of rotatable bonds is 11. The van der Waals surface area contributed by atoms with Gasteiger partial charge in [0.1, 0.15) is 12.1 Å². The number of carbonyl (C=O) groups excluding carboxylic acids is 3. The van der Waals surface area contributed by atoms with Crippen LogP contribution in [0, 0.1) is 5.92 Å². The fraction of sp³-hybridized carbons (Fsp3) is 0.765. The summed E-state index contributed by atoms with van der Waals surface area (Å²) in [5, 5.41) is 8.21. The van der Waals surface area contributed by atoms with Crippen molar-refractivity contribution < 1.29 is 14.4 Å². The van der Waals surface area contributed by atoms with Gasteiger partial charge in [-0.1, -0.05) is 20.3 Å². The van der Waals surface area contributed by atoms with Gasteiger partial charge in [-0.15, -0.1) is 0 Å². The molecule has 7 N–H and O–H groups in total. The molecule has 0 unspecified atom stereocenters. The van der Waals surface area contributed by atoms with Gasteiger partial charge in [0.2, 0.25) is 17.7 Å². The maximum absolute atomic E-state index is 12.6. The van der Waals surface area contributed by atoms with E-state index in [0.717, 1.165) is 0 Å². The van der Waals surface area contributed by atoms with Crippen molar-refractivity contribution in [2.45, 2.75) is 72.0 Å². The standard InChI is InChI=1S/C17H34N6O3/c1-6-11(4)14(22-12(5)24)16(26)23-13(15(25)21-10(2)3)8-7-9-20-17(18)19/h10-11,13-14H,6-9H2,1-5H3,(H,21,25)(H,22,24)(H,23,26)(H4,18,19,20)/t11-,13-,14-/m0/s1. The van der Waals surface area contributed by atoms with Gasteiger partial charge < -0.3 is 27.4 Å². The van der Waals surface area contributed by atoms with Gasteiger partial charge >= 0.3 is 0 Å². The summed E-state index contributed by atoms with van der Waals surface area (Å²) in [6.45, 7) is 9.23. The molecular weight excluding hydrogens is 336 g/mol.